The predicted octanol–water partition coefficient (Wildman–Crippen LogP) is 4.53. The number of alkyl halides is 4. The third kappa shape index (κ3) is 4.69. The molecular weight excluding hydrogens is 409 g/mol. The van der Waals surface area contributed by atoms with Crippen molar-refractivity contribution in [2.45, 2.75) is 38.5 Å². The van der Waals surface area contributed by atoms with Gasteiger partial charge in [-0.2, -0.15) is 22.7 Å². The molecule has 0 aliphatic rings. The average Bonchev–Trinajstić information content (AvgIpc) is 3.04. The molecule has 1 amide bonds. The summed E-state index contributed by atoms with van der Waals surface area (Å²) in [7, 11) is 0. The second-order valence-electron chi connectivity index (χ2n) is 6.84. The molecule has 30 heavy (non-hydrogen) atoms. The molecule has 1 N–H and O–H groups in total. The van der Waals surface area contributed by atoms with Crippen LogP contribution in [0.15, 0.2) is 48.7 Å². The van der Waals surface area contributed by atoms with E-state index in [4.69, 9.17) is 0 Å². The van der Waals surface area contributed by atoms with Crippen molar-refractivity contribution in [3.05, 3.63) is 60.0 Å². The van der Waals surface area contributed by atoms with Crippen LogP contribution in [-0.4, -0.2) is 34.3 Å². The fourth-order valence-corrected chi connectivity index (χ4v) is 3.15. The Kier molecular flexibility index (Phi) is 5.95. The third-order valence-corrected chi connectivity index (χ3v) is 4.50. The summed E-state index contributed by atoms with van der Waals surface area (Å²) in [4.78, 5) is 11.8. The van der Waals surface area contributed by atoms with Crippen molar-refractivity contribution < 1.29 is 31.5 Å². The Balaban J connectivity index is 2.03. The van der Waals surface area contributed by atoms with Gasteiger partial charge in [-0.05, 0) is 42.8 Å². The van der Waals surface area contributed by atoms with Gasteiger partial charge in [0.15, 0.2) is 0 Å². The number of amides is 1. The fourth-order valence-electron chi connectivity index (χ4n) is 3.15. The van der Waals surface area contributed by atoms with Crippen LogP contribution >= 0.6 is 0 Å². The number of fused-ring (bicyclic) bond motifs is 1. The molecule has 0 spiro atoms. The smallest absolute Gasteiger partial charge is 0.387 e. The van der Waals surface area contributed by atoms with Crippen molar-refractivity contribution in [2.75, 3.05) is 0 Å². The highest BCUT2D eigenvalue weighted by atomic mass is 19.3. The van der Waals surface area contributed by atoms with Gasteiger partial charge in [-0.3, -0.25) is 9.48 Å². The van der Waals surface area contributed by atoms with E-state index in [1.165, 1.54) is 60.3 Å². The normalized spacial score (nSPS) is 14.0. The van der Waals surface area contributed by atoms with E-state index in [9.17, 15) is 26.7 Å². The highest BCUT2D eigenvalue weighted by Gasteiger charge is 2.35. The molecule has 0 saturated heterocycles. The van der Waals surface area contributed by atoms with E-state index in [0.29, 0.717) is 23.4 Å². The maximum atomic E-state index is 13.5. The monoisotopic (exact) mass is 427 g/mol. The zero-order valence-corrected chi connectivity index (χ0v) is 16.0. The minimum atomic E-state index is -3.59. The summed E-state index contributed by atoms with van der Waals surface area (Å²) in [5.74, 6) is -5.63. The minimum Gasteiger partial charge on any atom is -0.435 e. The first kappa shape index (κ1) is 21.5. The van der Waals surface area contributed by atoms with Gasteiger partial charge >= 0.3 is 12.5 Å². The number of aromatic nitrogens is 2. The molecule has 10 heteroatoms. The van der Waals surface area contributed by atoms with Crippen LogP contribution in [0.4, 0.5) is 22.0 Å². The largest absolute Gasteiger partial charge is 0.435 e. The van der Waals surface area contributed by atoms with E-state index in [1.54, 1.807) is 0 Å². The van der Waals surface area contributed by atoms with Gasteiger partial charge in [0.2, 0.25) is 0 Å². The molecule has 0 saturated carbocycles. The van der Waals surface area contributed by atoms with Crippen molar-refractivity contribution in [1.82, 2.24) is 15.1 Å². The van der Waals surface area contributed by atoms with Crippen LogP contribution in [0.1, 0.15) is 25.5 Å². The molecule has 160 valence electrons. The van der Waals surface area contributed by atoms with Gasteiger partial charge in [0, 0.05) is 12.3 Å². The number of hydrogen-bond acceptors (Lipinski definition) is 3. The van der Waals surface area contributed by atoms with Crippen LogP contribution in [0.5, 0.6) is 5.75 Å². The number of ether oxygens (including phenoxy) is 1. The summed E-state index contributed by atoms with van der Waals surface area (Å²) in [5.41, 5.74) is 0.983. The Bertz CT molecular complexity index is 1030. The summed E-state index contributed by atoms with van der Waals surface area (Å²) in [6, 6.07) is 7.81. The van der Waals surface area contributed by atoms with Crippen LogP contribution < -0.4 is 10.1 Å². The zero-order chi connectivity index (χ0) is 22.1. The second kappa shape index (κ2) is 8.29. The van der Waals surface area contributed by atoms with Gasteiger partial charge in [-0.25, -0.2) is 4.39 Å². The van der Waals surface area contributed by atoms with Gasteiger partial charge in [-0.15, -0.1) is 0 Å². The van der Waals surface area contributed by atoms with E-state index in [2.05, 4.69) is 15.2 Å². The highest BCUT2D eigenvalue weighted by Crippen LogP contribution is 2.29. The summed E-state index contributed by atoms with van der Waals surface area (Å²) < 4.78 is 70.9. The molecule has 0 aliphatic heterocycles. The summed E-state index contributed by atoms with van der Waals surface area (Å²) in [6.45, 7) is -1.01. The van der Waals surface area contributed by atoms with Crippen molar-refractivity contribution in [2.24, 2.45) is 0 Å². The molecule has 0 bridgehead atoms. The first-order valence-corrected chi connectivity index (χ1v) is 8.92. The molecule has 5 nitrogen and oxygen atoms in total. The van der Waals surface area contributed by atoms with Crippen molar-refractivity contribution in [3.8, 4) is 5.75 Å². The second-order valence-corrected chi connectivity index (χ2v) is 6.84. The minimum absolute atomic E-state index is 0.0864. The van der Waals surface area contributed by atoms with Crippen molar-refractivity contribution >= 4 is 16.8 Å². The zero-order valence-electron chi connectivity index (χ0n) is 16.0. The molecule has 3 aromatic rings. The van der Waals surface area contributed by atoms with E-state index >= 15 is 0 Å². The number of carbonyl (C=O) groups is 1. The predicted molar refractivity (Wildman–Crippen MR) is 99.1 cm³/mol. The maximum absolute atomic E-state index is 13.5. The van der Waals surface area contributed by atoms with Gasteiger partial charge in [-0.1, -0.05) is 12.1 Å². The standard InChI is InChI=1S/C20H18F5N3O2/c1-11(27-18(29)20(2,24)25)17(12-3-6-15(7-4-12)30-19(22)23)28-16-8-5-14(21)9-13(16)10-26-28/h3-11,17,19H,1-2H3,(H,27,29)/t11?,17-/m0/s1. The number of nitrogens with zero attached hydrogens (tertiary/aromatic N) is 2. The third-order valence-electron chi connectivity index (χ3n) is 4.50. The Morgan fingerprint density at radius 2 is 1.83 bits per heavy atom. The number of benzene rings is 2. The Morgan fingerprint density at radius 1 is 1.17 bits per heavy atom. The quantitative estimate of drug-likeness (QED) is 0.564. The first-order chi connectivity index (χ1) is 14.1. The number of rotatable bonds is 7. The molecule has 2 aromatic carbocycles. The molecule has 1 aromatic heterocycles. The SMILES string of the molecule is CC(NC(=O)C(C)(F)F)[C@@H](c1ccc(OC(F)F)cc1)n1ncc2cc(F)ccc21. The van der Waals surface area contributed by atoms with Crippen LogP contribution in [0.25, 0.3) is 10.9 Å². The Labute approximate surface area is 168 Å². The van der Waals surface area contributed by atoms with Crippen LogP contribution in [-0.2, 0) is 4.79 Å². The van der Waals surface area contributed by atoms with Gasteiger partial charge in [0.25, 0.3) is 5.91 Å². The van der Waals surface area contributed by atoms with E-state index in [-0.39, 0.29) is 5.75 Å². The van der Waals surface area contributed by atoms with Crippen LogP contribution in [0.3, 0.4) is 0 Å². The lowest BCUT2D eigenvalue weighted by Crippen LogP contribution is -2.46. The van der Waals surface area contributed by atoms with E-state index in [0.717, 1.165) is 0 Å². The number of halogens is 5. The van der Waals surface area contributed by atoms with E-state index in [1.807, 2.05) is 0 Å². The lowest BCUT2D eigenvalue weighted by atomic mass is 9.99. The Hall–Kier alpha value is -3.17. The summed E-state index contributed by atoms with van der Waals surface area (Å²) >= 11 is 0. The van der Waals surface area contributed by atoms with Crippen molar-refractivity contribution in [1.29, 1.82) is 0 Å². The maximum Gasteiger partial charge on any atom is 0.387 e. The molecule has 0 aliphatic carbocycles. The average molecular weight is 427 g/mol. The summed E-state index contributed by atoms with van der Waals surface area (Å²) in [5, 5.41) is 6.96. The highest BCUT2D eigenvalue weighted by molar-refractivity contribution is 5.83. The molecule has 0 radical (unpaired) electrons. The molecule has 3 rings (SSSR count). The number of nitrogens with one attached hydrogen (secondary N) is 1. The summed E-state index contributed by atoms with van der Waals surface area (Å²) in [6.07, 6.45) is 1.41. The molecule has 1 heterocycles. The molecule has 2 atom stereocenters. The van der Waals surface area contributed by atoms with Crippen LogP contribution in [0.2, 0.25) is 0 Å². The fraction of sp³-hybridized carbons (Fsp3) is 0.300. The molecular formula is C20H18F5N3O2. The topological polar surface area (TPSA) is 56.1 Å². The number of hydrogen-bond donors (Lipinski definition) is 1. The molecule has 0 fully saturated rings. The first-order valence-electron chi connectivity index (χ1n) is 8.92. The Morgan fingerprint density at radius 3 is 2.43 bits per heavy atom. The van der Waals surface area contributed by atoms with Crippen molar-refractivity contribution in [3.63, 3.8) is 0 Å². The van der Waals surface area contributed by atoms with Gasteiger partial charge in [0.05, 0.1) is 23.8 Å². The van der Waals surface area contributed by atoms with Gasteiger partial charge < -0.3 is 10.1 Å². The lowest BCUT2D eigenvalue weighted by Gasteiger charge is -2.27. The lowest BCUT2D eigenvalue weighted by molar-refractivity contribution is -0.143. The van der Waals surface area contributed by atoms with Crippen LogP contribution in [0, 0.1) is 5.82 Å². The van der Waals surface area contributed by atoms with Gasteiger partial charge in [0.1, 0.15) is 11.6 Å². The molecule has 1 unspecified atom stereocenters. The number of carbonyl (C=O) groups excluding carboxylic acids is 1. The van der Waals surface area contributed by atoms with E-state index < -0.39 is 36.3 Å².